The Morgan fingerprint density at radius 1 is 1.12 bits per heavy atom. The highest BCUT2D eigenvalue weighted by Gasteiger charge is 2.48. The molecule has 0 radical (unpaired) electrons. The zero-order valence-electron chi connectivity index (χ0n) is 31.1. The summed E-state index contributed by atoms with van der Waals surface area (Å²) < 4.78 is 38.1. The summed E-state index contributed by atoms with van der Waals surface area (Å²) in [6, 6.07) is -0.191. The number of hydrogen-bond acceptors (Lipinski definition) is 12. The molecular weight excluding hydrogens is 634 g/mol. The number of imidazole rings is 1. The first-order valence-corrected chi connectivity index (χ1v) is 16.9. The summed E-state index contributed by atoms with van der Waals surface area (Å²) in [5, 5.41) is 0. The number of rotatable bonds is 7. The summed E-state index contributed by atoms with van der Waals surface area (Å²) in [5.41, 5.74) is -1.98. The molecule has 0 spiro atoms. The number of ketones is 1. The lowest BCUT2D eigenvalue weighted by molar-refractivity contribution is -0.297. The van der Waals surface area contributed by atoms with Crippen LogP contribution in [-0.4, -0.2) is 107 Å². The molecule has 1 saturated heterocycles. The number of carbonyl (C=O) groups excluding carboxylic acids is 4. The van der Waals surface area contributed by atoms with Gasteiger partial charge in [0.25, 0.3) is 0 Å². The van der Waals surface area contributed by atoms with Gasteiger partial charge in [-0.1, -0.05) is 26.8 Å². The molecule has 2 aliphatic heterocycles. The van der Waals surface area contributed by atoms with Crippen LogP contribution in [0.2, 0.25) is 0 Å². The second-order valence-corrected chi connectivity index (χ2v) is 14.1. The first-order valence-electron chi connectivity index (χ1n) is 16.9. The Balaban J connectivity index is 2.11. The van der Waals surface area contributed by atoms with Crippen molar-refractivity contribution in [1.29, 1.82) is 0 Å². The van der Waals surface area contributed by atoms with Gasteiger partial charge in [-0.25, -0.2) is 19.1 Å². The van der Waals surface area contributed by atoms with Gasteiger partial charge in [-0.05, 0) is 79.6 Å². The molecule has 13 nitrogen and oxygen atoms in total. The monoisotopic (exact) mass is 689 g/mol. The predicted molar refractivity (Wildman–Crippen MR) is 180 cm³/mol. The maximum absolute atomic E-state index is 14.0. The Hall–Kier alpha value is -3.39. The lowest BCUT2D eigenvalue weighted by atomic mass is 9.79. The fourth-order valence-electron chi connectivity index (χ4n) is 7.01. The molecule has 0 aromatic carbocycles. The summed E-state index contributed by atoms with van der Waals surface area (Å²) in [4.78, 5) is 58.9. The SMILES string of the molecule is CC[C@H]1OC(=O)/C(C)=C/[C@H](C)[C@@H](O[C@@H]2O[C@H](C)C[C@H](N(C)C)[C@H]2OC(C)=O)[C@](C)(OC)C[C@@H](C)C(=O)/C(C)=C/[C@]1(C)OC(=O)n1ccnc1. The molecule has 13 heteroatoms. The van der Waals surface area contributed by atoms with Crippen molar-refractivity contribution in [1.82, 2.24) is 14.5 Å². The zero-order valence-corrected chi connectivity index (χ0v) is 31.1. The van der Waals surface area contributed by atoms with Gasteiger partial charge in [0.15, 0.2) is 23.8 Å². The van der Waals surface area contributed by atoms with Gasteiger partial charge in [0, 0.05) is 43.8 Å². The largest absolute Gasteiger partial charge is 0.455 e. The molecule has 0 aliphatic carbocycles. The molecule has 1 fully saturated rings. The van der Waals surface area contributed by atoms with E-state index in [0.29, 0.717) is 17.6 Å². The maximum atomic E-state index is 14.0. The highest BCUT2D eigenvalue weighted by atomic mass is 16.7. The number of likely N-dealkylation sites (N-methyl/N-ethyl adjacent to an activating group) is 1. The highest BCUT2D eigenvalue weighted by molar-refractivity contribution is 5.96. The smallest absolute Gasteiger partial charge is 0.420 e. The molecule has 0 unspecified atom stereocenters. The van der Waals surface area contributed by atoms with Crippen LogP contribution in [0.15, 0.2) is 42.0 Å². The maximum Gasteiger partial charge on any atom is 0.420 e. The Morgan fingerprint density at radius 2 is 1.80 bits per heavy atom. The van der Waals surface area contributed by atoms with Crippen molar-refractivity contribution >= 4 is 23.8 Å². The normalized spacial score (nSPS) is 37.2. The van der Waals surface area contributed by atoms with E-state index < -0.39 is 65.7 Å². The Labute approximate surface area is 290 Å². The molecule has 2 aliphatic rings. The van der Waals surface area contributed by atoms with Crippen LogP contribution in [0.3, 0.4) is 0 Å². The summed E-state index contributed by atoms with van der Waals surface area (Å²) >= 11 is 0. The number of Topliss-reactive ketones (excluding diaryl/α,β-unsaturated/α-hetero) is 1. The van der Waals surface area contributed by atoms with Crippen molar-refractivity contribution in [3.63, 3.8) is 0 Å². The number of methoxy groups -OCH3 is 1. The molecule has 1 aromatic heterocycles. The molecule has 0 amide bonds. The summed E-state index contributed by atoms with van der Waals surface area (Å²) in [6.07, 6.45) is 4.21. The Bertz CT molecular complexity index is 1390. The molecule has 274 valence electrons. The van der Waals surface area contributed by atoms with Crippen molar-refractivity contribution in [3.8, 4) is 0 Å². The van der Waals surface area contributed by atoms with Crippen LogP contribution >= 0.6 is 0 Å². The molecule has 49 heavy (non-hydrogen) atoms. The Kier molecular flexibility index (Phi) is 13.5. The highest BCUT2D eigenvalue weighted by Crippen LogP contribution is 2.38. The number of nitrogens with zero attached hydrogens (tertiary/aromatic N) is 3. The van der Waals surface area contributed by atoms with E-state index in [4.69, 9.17) is 28.4 Å². The van der Waals surface area contributed by atoms with Gasteiger partial charge in [-0.3, -0.25) is 9.59 Å². The average Bonchev–Trinajstić information content (AvgIpc) is 3.57. The minimum atomic E-state index is -1.50. The standard InChI is InChI=1S/C36H55N3O10/c1-13-28-35(8,49-34(43)39-15-14-37-20-39)18-23(4)29(41)24(5)19-36(9,44-12)31(21(2)16-22(3)32(42)47-28)48-33-30(46-26(7)40)27(38(10)11)17-25(6)45-33/h14-16,18,20-21,24-25,27-28,30-31,33H,13,17,19H2,1-12H3/b22-16+,23-18+/t21-,24+,25+,27-,28+,30+,31+,33-,35-,36+/m0/s1. The molecule has 10 atom stereocenters. The molecule has 3 rings (SSSR count). The first-order chi connectivity index (χ1) is 22.8. The fourth-order valence-corrected chi connectivity index (χ4v) is 7.01. The van der Waals surface area contributed by atoms with Crippen LogP contribution in [0.25, 0.3) is 0 Å². The average molecular weight is 690 g/mol. The topological polar surface area (TPSA) is 145 Å². The quantitative estimate of drug-likeness (QED) is 0.284. The van der Waals surface area contributed by atoms with Crippen molar-refractivity contribution in [2.24, 2.45) is 11.8 Å². The van der Waals surface area contributed by atoms with E-state index >= 15 is 0 Å². The first kappa shape index (κ1) is 40.0. The fraction of sp³-hybridized carbons (Fsp3) is 0.694. The van der Waals surface area contributed by atoms with Gasteiger partial charge in [-0.2, -0.15) is 0 Å². The van der Waals surface area contributed by atoms with Gasteiger partial charge in [-0.15, -0.1) is 0 Å². The van der Waals surface area contributed by atoms with Crippen LogP contribution in [0.4, 0.5) is 4.79 Å². The number of carbonyl (C=O) groups is 4. The van der Waals surface area contributed by atoms with Crippen LogP contribution < -0.4 is 0 Å². The summed E-state index contributed by atoms with van der Waals surface area (Å²) in [6.45, 7) is 15.5. The van der Waals surface area contributed by atoms with Crippen molar-refractivity contribution < 1.29 is 47.6 Å². The van der Waals surface area contributed by atoms with Crippen LogP contribution in [0, 0.1) is 11.8 Å². The second kappa shape index (κ2) is 16.5. The number of aromatic nitrogens is 2. The third kappa shape index (κ3) is 9.65. The third-order valence-electron chi connectivity index (χ3n) is 9.55. The van der Waals surface area contributed by atoms with Gasteiger partial charge in [0.1, 0.15) is 12.4 Å². The van der Waals surface area contributed by atoms with Gasteiger partial charge >= 0.3 is 18.0 Å². The molecule has 0 saturated carbocycles. The molecule has 1 aromatic rings. The molecule has 3 heterocycles. The van der Waals surface area contributed by atoms with Gasteiger partial charge < -0.3 is 33.3 Å². The predicted octanol–water partition coefficient (Wildman–Crippen LogP) is 4.87. The lowest BCUT2D eigenvalue weighted by Crippen LogP contribution is -2.59. The number of esters is 2. The van der Waals surface area contributed by atoms with Gasteiger partial charge in [0.05, 0.1) is 23.9 Å². The van der Waals surface area contributed by atoms with E-state index in [-0.39, 0.29) is 30.8 Å². The molecule has 0 N–H and O–H groups in total. The van der Waals surface area contributed by atoms with Crippen LogP contribution in [-0.2, 0) is 42.8 Å². The lowest BCUT2D eigenvalue weighted by Gasteiger charge is -2.47. The van der Waals surface area contributed by atoms with Crippen molar-refractivity contribution in [2.75, 3.05) is 21.2 Å². The summed E-state index contributed by atoms with van der Waals surface area (Å²) in [7, 11) is 5.37. The second-order valence-electron chi connectivity index (χ2n) is 14.1. The van der Waals surface area contributed by atoms with Crippen molar-refractivity contribution in [2.45, 2.75) is 130 Å². The van der Waals surface area contributed by atoms with Crippen molar-refractivity contribution in [3.05, 3.63) is 42.0 Å². The van der Waals surface area contributed by atoms with E-state index in [1.807, 2.05) is 39.8 Å². The van der Waals surface area contributed by atoms with Gasteiger partial charge in [0.2, 0.25) is 0 Å². The minimum absolute atomic E-state index is 0.191. The van der Waals surface area contributed by atoms with E-state index in [1.165, 1.54) is 30.2 Å². The Morgan fingerprint density at radius 3 is 2.35 bits per heavy atom. The van der Waals surface area contributed by atoms with E-state index in [1.54, 1.807) is 53.9 Å². The minimum Gasteiger partial charge on any atom is -0.455 e. The molecule has 0 bridgehead atoms. The zero-order chi connectivity index (χ0) is 36.8. The third-order valence-corrected chi connectivity index (χ3v) is 9.55. The van der Waals surface area contributed by atoms with Crippen LogP contribution in [0.1, 0.15) is 81.6 Å². The molecular formula is C36H55N3O10. The number of allylic oxidation sites excluding steroid dienone is 1. The van der Waals surface area contributed by atoms with Crippen LogP contribution in [0.5, 0.6) is 0 Å². The van der Waals surface area contributed by atoms with E-state index in [0.717, 1.165) is 0 Å². The number of cyclic esters (lactones) is 1. The number of ether oxygens (including phenoxy) is 6. The van der Waals surface area contributed by atoms with E-state index in [2.05, 4.69) is 4.98 Å². The van der Waals surface area contributed by atoms with E-state index in [9.17, 15) is 19.2 Å². The summed E-state index contributed by atoms with van der Waals surface area (Å²) in [5.74, 6) is -2.37. The number of hydrogen-bond donors (Lipinski definition) is 0.